The van der Waals surface area contributed by atoms with Crippen LogP contribution >= 0.6 is 0 Å². The van der Waals surface area contributed by atoms with E-state index in [1.54, 1.807) is 6.92 Å². The number of hydrogen-bond acceptors (Lipinski definition) is 2. The lowest BCUT2D eigenvalue weighted by Crippen LogP contribution is -2.45. The van der Waals surface area contributed by atoms with Crippen molar-refractivity contribution in [2.24, 2.45) is 11.8 Å². The van der Waals surface area contributed by atoms with E-state index < -0.39 is 5.97 Å². The molecule has 1 aliphatic heterocycles. The van der Waals surface area contributed by atoms with Gasteiger partial charge in [0, 0.05) is 24.2 Å². The molecular formula is C15H23NO3. The average molecular weight is 265 g/mol. The lowest BCUT2D eigenvalue weighted by atomic mass is 9.75. The lowest BCUT2D eigenvalue weighted by Gasteiger charge is -2.41. The Kier molecular flexibility index (Phi) is 4.27. The fraction of sp³-hybridized carbons (Fsp3) is 0.733. The zero-order valence-corrected chi connectivity index (χ0v) is 11.8. The van der Waals surface area contributed by atoms with Crippen LogP contribution < -0.4 is 0 Å². The number of likely N-dealkylation sites (tertiary alicyclic amines) is 1. The molecule has 0 bridgehead atoms. The summed E-state index contributed by atoms with van der Waals surface area (Å²) in [5, 5.41) is 8.96. The van der Waals surface area contributed by atoms with Gasteiger partial charge in [0.1, 0.15) is 0 Å². The van der Waals surface area contributed by atoms with Gasteiger partial charge in [0.2, 0.25) is 5.91 Å². The third-order valence-electron chi connectivity index (χ3n) is 4.78. The van der Waals surface area contributed by atoms with E-state index in [-0.39, 0.29) is 11.5 Å². The smallest absolute Gasteiger partial charge is 0.331 e. The largest absolute Gasteiger partial charge is 0.478 e. The molecule has 0 aromatic rings. The summed E-state index contributed by atoms with van der Waals surface area (Å²) in [5.41, 5.74) is 0.539. The summed E-state index contributed by atoms with van der Waals surface area (Å²) in [5.74, 6) is 0.314. The number of carboxylic acid groups (broad SMARTS) is 1. The van der Waals surface area contributed by atoms with Gasteiger partial charge < -0.3 is 10.0 Å². The van der Waals surface area contributed by atoms with E-state index >= 15 is 0 Å². The molecule has 2 rings (SSSR count). The van der Waals surface area contributed by atoms with E-state index in [2.05, 4.69) is 0 Å². The van der Waals surface area contributed by atoms with Gasteiger partial charge in [0.05, 0.1) is 0 Å². The molecule has 1 N–H and O–H groups in total. The maximum atomic E-state index is 12.3. The summed E-state index contributed by atoms with van der Waals surface area (Å²) in [6.45, 7) is 4.72. The van der Waals surface area contributed by atoms with Gasteiger partial charge in [-0.25, -0.2) is 4.79 Å². The Bertz CT molecular complexity index is 414. The Hall–Kier alpha value is -1.32. The van der Waals surface area contributed by atoms with E-state index in [0.717, 1.165) is 25.4 Å². The molecular weight excluding hydrogens is 242 g/mol. The van der Waals surface area contributed by atoms with Crippen molar-refractivity contribution in [2.75, 3.05) is 13.1 Å². The lowest BCUT2D eigenvalue weighted by molar-refractivity contribution is -0.134. The van der Waals surface area contributed by atoms with Crippen molar-refractivity contribution in [3.05, 3.63) is 11.1 Å². The first-order valence-corrected chi connectivity index (χ1v) is 7.20. The number of piperidine rings is 1. The zero-order chi connectivity index (χ0) is 14.0. The van der Waals surface area contributed by atoms with E-state index in [0.29, 0.717) is 11.5 Å². The number of carboxylic acids is 1. The molecule has 1 aliphatic carbocycles. The minimum absolute atomic E-state index is 0.0936. The Balaban J connectivity index is 2.05. The summed E-state index contributed by atoms with van der Waals surface area (Å²) < 4.78 is 0. The molecule has 106 valence electrons. The average Bonchev–Trinajstić information content (AvgIpc) is 2.44. The molecule has 4 heteroatoms. The molecule has 0 aromatic carbocycles. The highest BCUT2D eigenvalue weighted by Crippen LogP contribution is 2.36. The fourth-order valence-electron chi connectivity index (χ4n) is 3.34. The van der Waals surface area contributed by atoms with E-state index in [1.807, 2.05) is 4.90 Å². The zero-order valence-electron chi connectivity index (χ0n) is 11.8. The summed E-state index contributed by atoms with van der Waals surface area (Å²) >= 11 is 0. The highest BCUT2D eigenvalue weighted by atomic mass is 16.4. The summed E-state index contributed by atoms with van der Waals surface area (Å²) in [4.78, 5) is 25.1. The van der Waals surface area contributed by atoms with Crippen LogP contribution in [0, 0.1) is 11.8 Å². The fourth-order valence-corrected chi connectivity index (χ4v) is 3.34. The van der Waals surface area contributed by atoms with Crippen molar-refractivity contribution in [1.29, 1.82) is 0 Å². The molecule has 1 amide bonds. The number of nitrogens with zero attached hydrogens (tertiary/aromatic N) is 1. The minimum atomic E-state index is -1.00. The van der Waals surface area contributed by atoms with Crippen molar-refractivity contribution in [3.8, 4) is 0 Å². The minimum Gasteiger partial charge on any atom is -0.478 e. The number of rotatable bonds is 2. The Morgan fingerprint density at radius 1 is 1.00 bits per heavy atom. The first kappa shape index (κ1) is 14.1. The molecule has 2 fully saturated rings. The molecule has 2 aliphatic rings. The summed E-state index contributed by atoms with van der Waals surface area (Å²) in [6.07, 6.45) is 6.19. The van der Waals surface area contributed by atoms with Crippen LogP contribution in [-0.4, -0.2) is 35.0 Å². The van der Waals surface area contributed by atoms with Crippen molar-refractivity contribution in [1.82, 2.24) is 4.90 Å². The molecule has 0 aromatic heterocycles. The quantitative estimate of drug-likeness (QED) is 0.780. The van der Waals surface area contributed by atoms with Crippen LogP contribution in [0.1, 0.15) is 46.0 Å². The molecule has 1 heterocycles. The van der Waals surface area contributed by atoms with Crippen molar-refractivity contribution < 1.29 is 14.7 Å². The topological polar surface area (TPSA) is 57.6 Å². The maximum Gasteiger partial charge on any atom is 0.331 e. The van der Waals surface area contributed by atoms with Gasteiger partial charge in [-0.1, -0.05) is 19.3 Å². The summed E-state index contributed by atoms with van der Waals surface area (Å²) in [6, 6.07) is 0. The van der Waals surface area contributed by atoms with Crippen LogP contribution in [0.4, 0.5) is 0 Å². The van der Waals surface area contributed by atoms with Crippen molar-refractivity contribution in [2.45, 2.75) is 46.0 Å². The number of hydrogen-bond donors (Lipinski definition) is 1. The second-order valence-electron chi connectivity index (χ2n) is 5.90. The van der Waals surface area contributed by atoms with Crippen LogP contribution in [-0.2, 0) is 9.59 Å². The molecule has 4 nitrogen and oxygen atoms in total. The molecule has 0 spiro atoms. The van der Waals surface area contributed by atoms with Crippen molar-refractivity contribution >= 4 is 11.9 Å². The SMILES string of the molecule is CC(C(=O)O)=C(C)C(=O)N1CCC2CCCCC2C1. The van der Waals surface area contributed by atoms with Gasteiger partial charge in [-0.15, -0.1) is 0 Å². The second kappa shape index (κ2) is 5.76. The number of aliphatic carboxylic acids is 1. The standard InChI is InChI=1S/C15H23NO3/c1-10(11(2)15(18)19)14(17)16-8-7-12-5-3-4-6-13(12)9-16/h12-13H,3-9H2,1-2H3,(H,18,19). The number of amides is 1. The highest BCUT2D eigenvalue weighted by molar-refractivity contribution is 6.01. The van der Waals surface area contributed by atoms with Crippen LogP contribution in [0.3, 0.4) is 0 Å². The highest BCUT2D eigenvalue weighted by Gasteiger charge is 2.33. The normalized spacial score (nSPS) is 28.4. The first-order chi connectivity index (χ1) is 9.00. The molecule has 1 saturated carbocycles. The van der Waals surface area contributed by atoms with Gasteiger partial charge in [0.25, 0.3) is 0 Å². The Labute approximate surface area is 114 Å². The van der Waals surface area contributed by atoms with Gasteiger partial charge >= 0.3 is 5.97 Å². The second-order valence-corrected chi connectivity index (χ2v) is 5.90. The predicted octanol–water partition coefficient (Wildman–Crippen LogP) is 2.45. The Morgan fingerprint density at radius 3 is 2.26 bits per heavy atom. The van der Waals surface area contributed by atoms with Crippen LogP contribution in [0.15, 0.2) is 11.1 Å². The van der Waals surface area contributed by atoms with Gasteiger partial charge in [-0.3, -0.25) is 4.79 Å². The van der Waals surface area contributed by atoms with Gasteiger partial charge in [-0.2, -0.15) is 0 Å². The maximum absolute atomic E-state index is 12.3. The third kappa shape index (κ3) is 2.99. The third-order valence-corrected chi connectivity index (χ3v) is 4.78. The van der Waals surface area contributed by atoms with Gasteiger partial charge in [-0.05, 0) is 38.5 Å². The first-order valence-electron chi connectivity index (χ1n) is 7.20. The summed E-state index contributed by atoms with van der Waals surface area (Å²) in [7, 11) is 0. The van der Waals surface area contributed by atoms with Crippen molar-refractivity contribution in [3.63, 3.8) is 0 Å². The van der Waals surface area contributed by atoms with Gasteiger partial charge in [0.15, 0.2) is 0 Å². The van der Waals surface area contributed by atoms with Crippen LogP contribution in [0.2, 0.25) is 0 Å². The number of carbonyl (C=O) groups excluding carboxylic acids is 1. The van der Waals surface area contributed by atoms with E-state index in [1.165, 1.54) is 32.6 Å². The van der Waals surface area contributed by atoms with Crippen LogP contribution in [0.5, 0.6) is 0 Å². The predicted molar refractivity (Wildman–Crippen MR) is 72.7 cm³/mol. The monoisotopic (exact) mass is 265 g/mol. The van der Waals surface area contributed by atoms with E-state index in [4.69, 9.17) is 5.11 Å². The molecule has 2 atom stereocenters. The number of fused-ring (bicyclic) bond motifs is 1. The molecule has 19 heavy (non-hydrogen) atoms. The molecule has 0 radical (unpaired) electrons. The Morgan fingerprint density at radius 2 is 1.63 bits per heavy atom. The molecule has 2 unspecified atom stereocenters. The van der Waals surface area contributed by atoms with Crippen LogP contribution in [0.25, 0.3) is 0 Å². The van der Waals surface area contributed by atoms with E-state index in [9.17, 15) is 9.59 Å². The molecule has 1 saturated heterocycles. The number of carbonyl (C=O) groups is 2.